The highest BCUT2D eigenvalue weighted by Gasteiger charge is 2.23. The van der Waals surface area contributed by atoms with Crippen molar-refractivity contribution in [3.63, 3.8) is 0 Å². The molecule has 0 fully saturated rings. The average Bonchev–Trinajstić information content (AvgIpc) is 3.05. The van der Waals surface area contributed by atoms with Gasteiger partial charge in [0, 0.05) is 9.90 Å². The summed E-state index contributed by atoms with van der Waals surface area (Å²) in [5, 5.41) is 18.8. The van der Waals surface area contributed by atoms with Crippen molar-refractivity contribution in [2.24, 2.45) is 0 Å². The number of sulfone groups is 1. The van der Waals surface area contributed by atoms with Gasteiger partial charge >= 0.3 is 5.97 Å². The zero-order chi connectivity index (χ0) is 19.6. The summed E-state index contributed by atoms with van der Waals surface area (Å²) in [5.41, 5.74) is 1.43. The number of carbonyl (C=O) groups is 1. The van der Waals surface area contributed by atoms with Crippen LogP contribution in [0.25, 0.3) is 10.4 Å². The molecule has 0 atom stereocenters. The van der Waals surface area contributed by atoms with Gasteiger partial charge < -0.3 is 5.11 Å². The molecule has 0 aliphatic heterocycles. The predicted molar refractivity (Wildman–Crippen MR) is 104 cm³/mol. The first-order valence-electron chi connectivity index (χ1n) is 7.65. The zero-order valence-corrected chi connectivity index (χ0v) is 16.1. The fraction of sp³-hybridized carbons (Fsp3) is 0.0526. The van der Waals surface area contributed by atoms with Gasteiger partial charge in [-0.05, 0) is 53.6 Å². The van der Waals surface area contributed by atoms with Crippen LogP contribution in [0.15, 0.2) is 59.5 Å². The van der Waals surface area contributed by atoms with Gasteiger partial charge in [0.2, 0.25) is 0 Å². The van der Waals surface area contributed by atoms with Gasteiger partial charge in [0.25, 0.3) is 0 Å². The Bertz CT molecular complexity index is 1140. The van der Waals surface area contributed by atoms with Crippen LogP contribution in [0.3, 0.4) is 0 Å². The van der Waals surface area contributed by atoms with E-state index in [-0.39, 0.29) is 15.3 Å². The van der Waals surface area contributed by atoms with Crippen LogP contribution in [0.5, 0.6) is 0 Å². The molecule has 27 heavy (non-hydrogen) atoms. The van der Waals surface area contributed by atoms with E-state index in [2.05, 4.69) is 0 Å². The first-order valence-corrected chi connectivity index (χ1v) is 10.5. The van der Waals surface area contributed by atoms with Crippen LogP contribution in [0.1, 0.15) is 20.8 Å². The number of hydrogen-bond acceptors (Lipinski definition) is 5. The van der Waals surface area contributed by atoms with Crippen molar-refractivity contribution in [2.45, 2.75) is 10.6 Å². The van der Waals surface area contributed by atoms with Gasteiger partial charge in [0.1, 0.15) is 4.88 Å². The van der Waals surface area contributed by atoms with Gasteiger partial charge in [-0.3, -0.25) is 0 Å². The largest absolute Gasteiger partial charge is 0.477 e. The monoisotopic (exact) mass is 417 g/mol. The van der Waals surface area contributed by atoms with Crippen molar-refractivity contribution < 1.29 is 18.3 Å². The van der Waals surface area contributed by atoms with E-state index in [1.54, 1.807) is 30.3 Å². The Morgan fingerprint density at radius 2 is 1.74 bits per heavy atom. The molecule has 0 bridgehead atoms. The average molecular weight is 418 g/mol. The van der Waals surface area contributed by atoms with E-state index in [9.17, 15) is 18.3 Å². The minimum absolute atomic E-state index is 0.0214. The molecule has 8 heteroatoms. The quantitative estimate of drug-likeness (QED) is 0.653. The molecule has 0 amide bonds. The van der Waals surface area contributed by atoms with Crippen LogP contribution in [-0.2, 0) is 15.6 Å². The number of halogens is 1. The summed E-state index contributed by atoms with van der Waals surface area (Å²) in [5.74, 6) is -1.61. The van der Waals surface area contributed by atoms with Crippen molar-refractivity contribution >= 4 is 38.7 Å². The van der Waals surface area contributed by atoms with Crippen LogP contribution in [0.2, 0.25) is 5.02 Å². The molecule has 0 aliphatic rings. The third-order valence-corrected chi connectivity index (χ3v) is 6.97. The Morgan fingerprint density at radius 3 is 2.30 bits per heavy atom. The smallest absolute Gasteiger partial charge is 0.346 e. The van der Waals surface area contributed by atoms with Crippen molar-refractivity contribution in [1.29, 1.82) is 5.26 Å². The summed E-state index contributed by atoms with van der Waals surface area (Å²) in [4.78, 5) is 12.3. The minimum Gasteiger partial charge on any atom is -0.477 e. The number of thiophene rings is 1. The van der Waals surface area contributed by atoms with Crippen molar-refractivity contribution in [2.75, 3.05) is 0 Å². The van der Waals surface area contributed by atoms with Crippen LogP contribution < -0.4 is 0 Å². The number of nitrogens with zero attached hydrogens (tertiary/aromatic N) is 1. The third kappa shape index (κ3) is 4.19. The van der Waals surface area contributed by atoms with Gasteiger partial charge in [-0.25, -0.2) is 13.2 Å². The van der Waals surface area contributed by atoms with Crippen molar-refractivity contribution in [3.8, 4) is 16.5 Å². The first-order chi connectivity index (χ1) is 12.8. The molecule has 1 N–H and O–H groups in total. The lowest BCUT2D eigenvalue weighted by molar-refractivity contribution is 0.0701. The number of carboxylic acid groups (broad SMARTS) is 1. The molecule has 1 aromatic heterocycles. The summed E-state index contributed by atoms with van der Waals surface area (Å²) < 4.78 is 25.3. The van der Waals surface area contributed by atoms with Crippen LogP contribution in [0.4, 0.5) is 0 Å². The second-order valence-electron chi connectivity index (χ2n) is 5.67. The van der Waals surface area contributed by atoms with E-state index < -0.39 is 21.6 Å². The molecular weight excluding hydrogens is 406 g/mol. The highest BCUT2D eigenvalue weighted by Crippen LogP contribution is 2.34. The molecule has 0 saturated carbocycles. The number of carboxylic acids is 1. The lowest BCUT2D eigenvalue weighted by Crippen LogP contribution is -2.07. The number of rotatable bonds is 5. The second kappa shape index (κ2) is 7.53. The van der Waals surface area contributed by atoms with E-state index in [0.717, 1.165) is 16.9 Å². The maximum absolute atomic E-state index is 12.6. The van der Waals surface area contributed by atoms with Crippen LogP contribution >= 0.6 is 22.9 Å². The Hall–Kier alpha value is -2.66. The normalized spacial score (nSPS) is 11.1. The van der Waals surface area contributed by atoms with Gasteiger partial charge in [-0.2, -0.15) is 5.26 Å². The number of aromatic carboxylic acids is 1. The van der Waals surface area contributed by atoms with Gasteiger partial charge in [-0.1, -0.05) is 23.7 Å². The number of hydrogen-bond donors (Lipinski definition) is 1. The van der Waals surface area contributed by atoms with Crippen molar-refractivity contribution in [3.05, 3.63) is 75.6 Å². The molecule has 3 aromatic rings. The summed E-state index contributed by atoms with van der Waals surface area (Å²) in [7, 11) is -3.72. The molecule has 1 heterocycles. The molecule has 2 aromatic carbocycles. The summed E-state index contributed by atoms with van der Waals surface area (Å²) in [6.07, 6.45) is 0. The molecule has 0 unspecified atom stereocenters. The maximum Gasteiger partial charge on any atom is 0.346 e. The predicted octanol–water partition coefficient (Wildman–Crippen LogP) is 4.61. The maximum atomic E-state index is 12.6. The Balaban J connectivity index is 1.99. The molecule has 0 radical (unpaired) electrons. The summed E-state index contributed by atoms with van der Waals surface area (Å²) in [6.45, 7) is 0. The summed E-state index contributed by atoms with van der Waals surface area (Å²) >= 11 is 6.79. The van der Waals surface area contributed by atoms with Crippen molar-refractivity contribution in [1.82, 2.24) is 0 Å². The first kappa shape index (κ1) is 19.1. The highest BCUT2D eigenvalue weighted by atomic mass is 35.5. The fourth-order valence-electron chi connectivity index (χ4n) is 2.50. The van der Waals surface area contributed by atoms with E-state index in [1.165, 1.54) is 24.3 Å². The molecular formula is C19H12ClNO4S2. The van der Waals surface area contributed by atoms with E-state index in [1.807, 2.05) is 6.07 Å². The van der Waals surface area contributed by atoms with E-state index in [4.69, 9.17) is 16.9 Å². The van der Waals surface area contributed by atoms with Gasteiger partial charge in [-0.15, -0.1) is 11.3 Å². The zero-order valence-electron chi connectivity index (χ0n) is 13.7. The number of benzene rings is 2. The molecule has 136 valence electrons. The van der Waals surface area contributed by atoms with E-state index in [0.29, 0.717) is 15.5 Å². The highest BCUT2D eigenvalue weighted by molar-refractivity contribution is 7.90. The lowest BCUT2D eigenvalue weighted by atomic mass is 10.1. The fourth-order valence-corrected chi connectivity index (χ4v) is 5.09. The van der Waals surface area contributed by atoms with Gasteiger partial charge in [0.15, 0.2) is 9.84 Å². The Kier molecular flexibility index (Phi) is 5.33. The summed E-state index contributed by atoms with van der Waals surface area (Å²) in [6, 6.07) is 16.0. The van der Waals surface area contributed by atoms with Gasteiger partial charge in [0.05, 0.1) is 22.3 Å². The Morgan fingerprint density at radius 1 is 1.11 bits per heavy atom. The second-order valence-corrected chi connectivity index (χ2v) is 9.15. The number of nitriles is 1. The van der Waals surface area contributed by atoms with Crippen LogP contribution in [-0.4, -0.2) is 19.5 Å². The Labute approximate surface area is 165 Å². The SMILES string of the molecule is N#Cc1ccc(-c2cc(CS(=O)(=O)c3ccc(Cl)cc3)c(C(=O)O)s2)cc1. The van der Waals surface area contributed by atoms with Crippen LogP contribution in [0, 0.1) is 11.3 Å². The molecule has 0 spiro atoms. The molecule has 0 saturated heterocycles. The standard InChI is InChI=1S/C19H12ClNO4S2/c20-15-5-7-16(8-6-15)27(24,25)11-14-9-17(26-18(14)19(22)23)13-3-1-12(10-21)2-4-13/h1-9H,11H2,(H,22,23). The minimum atomic E-state index is -3.72. The van der Waals surface area contributed by atoms with E-state index >= 15 is 0 Å². The lowest BCUT2D eigenvalue weighted by Gasteiger charge is -2.04. The molecule has 5 nitrogen and oxygen atoms in total. The topological polar surface area (TPSA) is 95.2 Å². The molecule has 0 aliphatic carbocycles. The third-order valence-electron chi connectivity index (χ3n) is 3.82. The molecule has 3 rings (SSSR count).